The highest BCUT2D eigenvalue weighted by atomic mass is 16.5. The third kappa shape index (κ3) is 3.25. The van der Waals surface area contributed by atoms with Gasteiger partial charge in [-0.15, -0.1) is 0 Å². The average Bonchev–Trinajstić information content (AvgIpc) is 3.19. The Hall–Kier alpha value is -3.86. The Balaban J connectivity index is 1.86. The lowest BCUT2D eigenvalue weighted by molar-refractivity contribution is 0.0947. The molecule has 0 saturated heterocycles. The highest BCUT2D eigenvalue weighted by Crippen LogP contribution is 2.32. The van der Waals surface area contributed by atoms with Crippen molar-refractivity contribution in [1.82, 2.24) is 9.78 Å². The van der Waals surface area contributed by atoms with Gasteiger partial charge in [0.15, 0.2) is 0 Å². The summed E-state index contributed by atoms with van der Waals surface area (Å²) in [5.41, 5.74) is 3.06. The minimum Gasteiger partial charge on any atom is -0.507 e. The number of para-hydroxylation sites is 1. The monoisotopic (exact) mass is 370 g/mol. The van der Waals surface area contributed by atoms with Gasteiger partial charge in [-0.25, -0.2) is 0 Å². The third-order valence-electron chi connectivity index (χ3n) is 4.49. The largest absolute Gasteiger partial charge is 0.507 e. The molecule has 0 aliphatic carbocycles. The van der Waals surface area contributed by atoms with Crippen molar-refractivity contribution < 1.29 is 14.6 Å². The molecule has 0 amide bonds. The predicted molar refractivity (Wildman–Crippen MR) is 107 cm³/mol. The first-order valence-electron chi connectivity index (χ1n) is 8.80. The minimum atomic E-state index is -0.265. The molecule has 5 nitrogen and oxygen atoms in total. The topological polar surface area (TPSA) is 64.3 Å². The number of carbonyl (C=O) groups is 1. The van der Waals surface area contributed by atoms with E-state index in [0.717, 1.165) is 11.3 Å². The second kappa shape index (κ2) is 7.40. The smallest absolute Gasteiger partial charge is 0.278 e. The Labute approximate surface area is 162 Å². The maximum absolute atomic E-state index is 13.1. The lowest BCUT2D eigenvalue weighted by Gasteiger charge is -2.07. The fraction of sp³-hybridized carbons (Fsp3) is 0.0435. The Bertz CT molecular complexity index is 1120. The van der Waals surface area contributed by atoms with E-state index in [1.54, 1.807) is 55.6 Å². The summed E-state index contributed by atoms with van der Waals surface area (Å²) in [6.07, 6.45) is 0. The molecule has 1 N–H and O–H groups in total. The Morgan fingerprint density at radius 3 is 2.29 bits per heavy atom. The van der Waals surface area contributed by atoms with Crippen LogP contribution in [0, 0.1) is 0 Å². The molecule has 3 aromatic carbocycles. The van der Waals surface area contributed by atoms with Crippen LogP contribution in [-0.4, -0.2) is 27.9 Å². The molecule has 1 heterocycles. The van der Waals surface area contributed by atoms with Crippen LogP contribution in [0.4, 0.5) is 0 Å². The van der Waals surface area contributed by atoms with Gasteiger partial charge in [-0.05, 0) is 54.6 Å². The van der Waals surface area contributed by atoms with Gasteiger partial charge in [0.1, 0.15) is 11.5 Å². The van der Waals surface area contributed by atoms with Crippen LogP contribution in [0.25, 0.3) is 22.5 Å². The highest BCUT2D eigenvalue weighted by Gasteiger charge is 2.20. The number of aromatic hydroxyl groups is 1. The fourth-order valence-corrected chi connectivity index (χ4v) is 3.02. The molecule has 0 bridgehead atoms. The lowest BCUT2D eigenvalue weighted by atomic mass is 10.1. The summed E-state index contributed by atoms with van der Waals surface area (Å²) in [5, 5.41) is 14.9. The molecule has 0 saturated carbocycles. The number of hydrogen-bond donors (Lipinski definition) is 1. The number of aromatic nitrogens is 2. The van der Waals surface area contributed by atoms with Gasteiger partial charge < -0.3 is 9.84 Å². The average molecular weight is 370 g/mol. The van der Waals surface area contributed by atoms with Gasteiger partial charge in [0.25, 0.3) is 5.91 Å². The van der Waals surface area contributed by atoms with Crippen LogP contribution in [0.15, 0.2) is 84.9 Å². The quantitative estimate of drug-likeness (QED) is 0.569. The van der Waals surface area contributed by atoms with Gasteiger partial charge in [0, 0.05) is 16.7 Å². The fourth-order valence-electron chi connectivity index (χ4n) is 3.02. The van der Waals surface area contributed by atoms with Gasteiger partial charge in [-0.1, -0.05) is 30.3 Å². The molecular formula is C23H18N2O3. The molecule has 0 unspecified atom stereocenters. The second-order valence-corrected chi connectivity index (χ2v) is 6.24. The maximum atomic E-state index is 13.1. The van der Waals surface area contributed by atoms with Crippen LogP contribution in [0.5, 0.6) is 11.5 Å². The molecule has 4 aromatic rings. The standard InChI is InChI=1S/C23H18N2O3/c1-28-18-13-11-16(12-14-18)20-15-21(19-9-5-6-10-22(19)26)25(24-20)23(27)17-7-3-2-4-8-17/h2-15,26H,1H3. The van der Waals surface area contributed by atoms with Gasteiger partial charge in [0.2, 0.25) is 0 Å². The molecule has 28 heavy (non-hydrogen) atoms. The van der Waals surface area contributed by atoms with Crippen molar-refractivity contribution in [2.75, 3.05) is 7.11 Å². The number of hydrogen-bond acceptors (Lipinski definition) is 4. The molecule has 4 rings (SSSR count). The van der Waals surface area contributed by atoms with Crippen molar-refractivity contribution in [3.05, 3.63) is 90.5 Å². The van der Waals surface area contributed by atoms with Gasteiger partial charge >= 0.3 is 0 Å². The molecule has 0 fully saturated rings. The lowest BCUT2D eigenvalue weighted by Crippen LogP contribution is -2.15. The molecule has 1 aromatic heterocycles. The summed E-state index contributed by atoms with van der Waals surface area (Å²) in [6.45, 7) is 0. The van der Waals surface area contributed by atoms with Crippen molar-refractivity contribution in [2.45, 2.75) is 0 Å². The van der Waals surface area contributed by atoms with Crippen LogP contribution < -0.4 is 4.74 Å². The normalized spacial score (nSPS) is 10.6. The van der Waals surface area contributed by atoms with E-state index in [2.05, 4.69) is 5.10 Å². The molecule has 0 aliphatic rings. The number of benzene rings is 3. The van der Waals surface area contributed by atoms with E-state index in [4.69, 9.17) is 4.74 Å². The van der Waals surface area contributed by atoms with Crippen molar-refractivity contribution in [2.24, 2.45) is 0 Å². The van der Waals surface area contributed by atoms with E-state index in [9.17, 15) is 9.90 Å². The van der Waals surface area contributed by atoms with Crippen LogP contribution in [0.3, 0.4) is 0 Å². The summed E-state index contributed by atoms with van der Waals surface area (Å²) in [4.78, 5) is 13.1. The van der Waals surface area contributed by atoms with Crippen molar-refractivity contribution in [1.29, 1.82) is 0 Å². The first-order valence-corrected chi connectivity index (χ1v) is 8.80. The van der Waals surface area contributed by atoms with E-state index >= 15 is 0 Å². The van der Waals surface area contributed by atoms with E-state index in [0.29, 0.717) is 22.5 Å². The molecule has 138 valence electrons. The predicted octanol–water partition coefficient (Wildman–Crippen LogP) is 4.62. The molecule has 0 radical (unpaired) electrons. The Morgan fingerprint density at radius 1 is 0.929 bits per heavy atom. The number of rotatable bonds is 4. The van der Waals surface area contributed by atoms with Crippen molar-refractivity contribution in [3.8, 4) is 34.0 Å². The van der Waals surface area contributed by atoms with Gasteiger partial charge in [-0.3, -0.25) is 4.79 Å². The molecule has 0 atom stereocenters. The zero-order chi connectivity index (χ0) is 19.5. The Kier molecular flexibility index (Phi) is 4.64. The number of carbonyl (C=O) groups excluding carboxylic acids is 1. The van der Waals surface area contributed by atoms with E-state index in [1.807, 2.05) is 36.4 Å². The number of ether oxygens (including phenoxy) is 1. The maximum Gasteiger partial charge on any atom is 0.278 e. The zero-order valence-corrected chi connectivity index (χ0v) is 15.2. The van der Waals surface area contributed by atoms with Crippen LogP contribution in [-0.2, 0) is 0 Å². The van der Waals surface area contributed by atoms with Crippen LogP contribution in [0.2, 0.25) is 0 Å². The Morgan fingerprint density at radius 2 is 1.61 bits per heavy atom. The summed E-state index contributed by atoms with van der Waals surface area (Å²) in [5.74, 6) is 0.564. The molecule has 5 heteroatoms. The van der Waals surface area contributed by atoms with Crippen LogP contribution >= 0.6 is 0 Å². The molecular weight excluding hydrogens is 352 g/mol. The van der Waals surface area contributed by atoms with Gasteiger partial charge in [-0.2, -0.15) is 9.78 Å². The second-order valence-electron chi connectivity index (χ2n) is 6.24. The number of nitrogens with zero attached hydrogens (tertiary/aromatic N) is 2. The van der Waals surface area contributed by atoms with E-state index in [1.165, 1.54) is 4.68 Å². The van der Waals surface area contributed by atoms with E-state index < -0.39 is 0 Å². The summed E-state index contributed by atoms with van der Waals surface area (Å²) in [6, 6.07) is 25.1. The zero-order valence-electron chi connectivity index (χ0n) is 15.2. The van der Waals surface area contributed by atoms with Gasteiger partial charge in [0.05, 0.1) is 18.5 Å². The molecule has 0 aliphatic heterocycles. The highest BCUT2D eigenvalue weighted by molar-refractivity contribution is 5.98. The summed E-state index contributed by atoms with van der Waals surface area (Å²) in [7, 11) is 1.61. The number of phenols is 1. The number of phenolic OH excluding ortho intramolecular Hbond substituents is 1. The summed E-state index contributed by atoms with van der Waals surface area (Å²) < 4.78 is 6.54. The summed E-state index contributed by atoms with van der Waals surface area (Å²) >= 11 is 0. The first kappa shape index (κ1) is 17.5. The van der Waals surface area contributed by atoms with Crippen LogP contribution in [0.1, 0.15) is 10.4 Å². The van der Waals surface area contributed by atoms with E-state index in [-0.39, 0.29) is 11.7 Å². The first-order chi connectivity index (χ1) is 13.7. The third-order valence-corrected chi connectivity index (χ3v) is 4.49. The minimum absolute atomic E-state index is 0.0887. The van der Waals surface area contributed by atoms with Crippen molar-refractivity contribution >= 4 is 5.91 Å². The van der Waals surface area contributed by atoms with Crippen molar-refractivity contribution in [3.63, 3.8) is 0 Å². The molecule has 0 spiro atoms. The number of methoxy groups -OCH3 is 1. The SMILES string of the molecule is COc1ccc(-c2cc(-c3ccccc3O)n(C(=O)c3ccccc3)n2)cc1.